The summed E-state index contributed by atoms with van der Waals surface area (Å²) in [6.45, 7) is 7.82. The van der Waals surface area contributed by atoms with Gasteiger partial charge in [0.15, 0.2) is 0 Å². The standard InChI is InChI=1S/C19H25NO4/c1-10-6-11(2)13(12(3)7-10)8-20-9-19-5-4-14(24-19)15(18(22)23)16(19)17(20)21/h4-6,11-16H,7-9H2,1-3H3,(H,22,23)/t11-,12+,13+,14+,15+,16-,19-/m1/s1. The van der Waals surface area contributed by atoms with Crippen LogP contribution >= 0.6 is 0 Å². The van der Waals surface area contributed by atoms with Crippen LogP contribution in [0.25, 0.3) is 0 Å². The van der Waals surface area contributed by atoms with Crippen LogP contribution < -0.4 is 0 Å². The molecule has 5 heteroatoms. The fourth-order valence-electron chi connectivity index (χ4n) is 5.43. The Bertz CT molecular complexity index is 654. The van der Waals surface area contributed by atoms with Crippen LogP contribution in [0, 0.1) is 29.6 Å². The van der Waals surface area contributed by atoms with Crippen molar-refractivity contribution in [2.24, 2.45) is 29.6 Å². The Labute approximate surface area is 142 Å². The summed E-state index contributed by atoms with van der Waals surface area (Å²) >= 11 is 0. The van der Waals surface area contributed by atoms with Gasteiger partial charge in [0.05, 0.1) is 18.6 Å². The lowest BCUT2D eigenvalue weighted by atomic mass is 9.75. The number of carboxylic acid groups (broad SMARTS) is 1. The monoisotopic (exact) mass is 331 g/mol. The van der Waals surface area contributed by atoms with Crippen molar-refractivity contribution >= 4 is 11.9 Å². The third kappa shape index (κ3) is 2.10. The van der Waals surface area contributed by atoms with Crippen LogP contribution in [-0.2, 0) is 14.3 Å². The molecular formula is C19H25NO4. The summed E-state index contributed by atoms with van der Waals surface area (Å²) in [6.07, 6.45) is 6.69. The second-order valence-electron chi connectivity index (χ2n) is 8.17. The molecule has 4 rings (SSSR count). The molecule has 1 spiro atoms. The lowest BCUT2D eigenvalue weighted by molar-refractivity contribution is -0.148. The average Bonchev–Trinajstić information content (AvgIpc) is 3.11. The second kappa shape index (κ2) is 5.19. The van der Waals surface area contributed by atoms with Crippen molar-refractivity contribution in [3.63, 3.8) is 0 Å². The van der Waals surface area contributed by atoms with Crippen molar-refractivity contribution in [2.75, 3.05) is 13.1 Å². The highest BCUT2D eigenvalue weighted by molar-refractivity contribution is 5.90. The maximum atomic E-state index is 13.0. The molecule has 130 valence electrons. The first-order chi connectivity index (χ1) is 11.3. The first kappa shape index (κ1) is 15.9. The maximum absolute atomic E-state index is 13.0. The summed E-state index contributed by atoms with van der Waals surface area (Å²) in [5, 5.41) is 9.53. The Balaban J connectivity index is 1.56. The number of rotatable bonds is 3. The highest BCUT2D eigenvalue weighted by Gasteiger charge is 2.67. The first-order valence-electron chi connectivity index (χ1n) is 8.88. The molecule has 3 aliphatic heterocycles. The first-order valence-corrected chi connectivity index (χ1v) is 8.88. The second-order valence-corrected chi connectivity index (χ2v) is 8.17. The van der Waals surface area contributed by atoms with Crippen molar-refractivity contribution in [3.05, 3.63) is 23.8 Å². The van der Waals surface area contributed by atoms with E-state index in [0.29, 0.717) is 30.8 Å². The van der Waals surface area contributed by atoms with Gasteiger partial charge in [-0.1, -0.05) is 37.6 Å². The highest BCUT2D eigenvalue weighted by atomic mass is 16.5. The predicted molar refractivity (Wildman–Crippen MR) is 88.1 cm³/mol. The number of hydrogen-bond donors (Lipinski definition) is 1. The van der Waals surface area contributed by atoms with Crippen molar-refractivity contribution in [1.82, 2.24) is 4.90 Å². The van der Waals surface area contributed by atoms with E-state index in [1.54, 1.807) is 0 Å². The van der Waals surface area contributed by atoms with Crippen LogP contribution in [0.3, 0.4) is 0 Å². The van der Waals surface area contributed by atoms with Gasteiger partial charge in [0, 0.05) is 6.54 Å². The number of likely N-dealkylation sites (tertiary alicyclic amines) is 1. The smallest absolute Gasteiger partial charge is 0.310 e. The molecule has 0 radical (unpaired) electrons. The summed E-state index contributed by atoms with van der Waals surface area (Å²) in [4.78, 5) is 26.5. The van der Waals surface area contributed by atoms with Gasteiger partial charge in [0.1, 0.15) is 11.5 Å². The number of nitrogens with zero attached hydrogens (tertiary/aromatic N) is 1. The van der Waals surface area contributed by atoms with E-state index in [0.717, 1.165) is 6.42 Å². The zero-order valence-corrected chi connectivity index (χ0v) is 14.4. The van der Waals surface area contributed by atoms with Crippen molar-refractivity contribution in [1.29, 1.82) is 0 Å². The van der Waals surface area contributed by atoms with E-state index in [2.05, 4.69) is 26.8 Å². The number of fused-ring (bicyclic) bond motifs is 1. The summed E-state index contributed by atoms with van der Waals surface area (Å²) in [5.41, 5.74) is 0.711. The number of carbonyl (C=O) groups excluding carboxylic acids is 1. The van der Waals surface area contributed by atoms with Gasteiger partial charge in [-0.3, -0.25) is 9.59 Å². The molecular weight excluding hydrogens is 306 g/mol. The zero-order valence-electron chi connectivity index (χ0n) is 14.4. The Morgan fingerprint density at radius 2 is 2.21 bits per heavy atom. The van der Waals surface area contributed by atoms with E-state index < -0.39 is 29.5 Å². The molecule has 7 atom stereocenters. The van der Waals surface area contributed by atoms with Gasteiger partial charge in [-0.15, -0.1) is 0 Å². The molecule has 1 N–H and O–H groups in total. The number of hydrogen-bond acceptors (Lipinski definition) is 3. The molecule has 1 amide bonds. The van der Waals surface area contributed by atoms with Crippen LogP contribution in [0.15, 0.2) is 23.8 Å². The molecule has 1 aliphatic carbocycles. The summed E-state index contributed by atoms with van der Waals surface area (Å²) in [7, 11) is 0. The molecule has 5 nitrogen and oxygen atoms in total. The summed E-state index contributed by atoms with van der Waals surface area (Å²) in [6, 6.07) is 0. The van der Waals surface area contributed by atoms with Crippen LogP contribution in [0.5, 0.6) is 0 Å². The number of carboxylic acids is 1. The van der Waals surface area contributed by atoms with E-state index in [-0.39, 0.29) is 5.91 Å². The Kier molecular flexibility index (Phi) is 3.43. The van der Waals surface area contributed by atoms with Crippen LogP contribution in [-0.4, -0.2) is 46.7 Å². The van der Waals surface area contributed by atoms with Crippen molar-refractivity contribution in [2.45, 2.75) is 38.9 Å². The molecule has 0 unspecified atom stereocenters. The zero-order chi connectivity index (χ0) is 17.2. The topological polar surface area (TPSA) is 66.8 Å². The van der Waals surface area contributed by atoms with E-state index in [9.17, 15) is 14.7 Å². The van der Waals surface area contributed by atoms with Gasteiger partial charge in [-0.2, -0.15) is 0 Å². The lowest BCUT2D eigenvalue weighted by Crippen LogP contribution is -2.41. The molecule has 24 heavy (non-hydrogen) atoms. The predicted octanol–water partition coefficient (Wildman–Crippen LogP) is 2.09. The summed E-state index contributed by atoms with van der Waals surface area (Å²) in [5.74, 6) is -0.893. The van der Waals surface area contributed by atoms with E-state index in [1.807, 2.05) is 17.1 Å². The number of carbonyl (C=O) groups is 2. The molecule has 0 aromatic carbocycles. The average molecular weight is 331 g/mol. The molecule has 2 saturated heterocycles. The minimum Gasteiger partial charge on any atom is -0.481 e. The number of allylic oxidation sites excluding steroid dienone is 2. The van der Waals surface area contributed by atoms with Crippen LogP contribution in [0.1, 0.15) is 27.2 Å². The number of ether oxygens (including phenoxy) is 1. The molecule has 0 aromatic rings. The highest BCUT2D eigenvalue weighted by Crippen LogP contribution is 2.52. The maximum Gasteiger partial charge on any atom is 0.310 e. The molecule has 3 heterocycles. The van der Waals surface area contributed by atoms with E-state index >= 15 is 0 Å². The summed E-state index contributed by atoms with van der Waals surface area (Å²) < 4.78 is 5.95. The SMILES string of the molecule is CC1=C[C@@H](C)[C@H](CN2C[C@@]34C=C[C@H](O3)[C@H](C(=O)O)[C@@H]4C2=O)[C@@H](C)C1. The van der Waals surface area contributed by atoms with Crippen LogP contribution in [0.2, 0.25) is 0 Å². The molecule has 2 fully saturated rings. The van der Waals surface area contributed by atoms with Crippen molar-refractivity contribution < 1.29 is 19.4 Å². The molecule has 2 bridgehead atoms. The Hall–Kier alpha value is -1.62. The molecule has 0 aromatic heterocycles. The third-order valence-corrected chi connectivity index (χ3v) is 6.49. The molecule has 4 aliphatic rings. The largest absolute Gasteiger partial charge is 0.481 e. The quantitative estimate of drug-likeness (QED) is 0.804. The normalized spacial score (nSPS) is 46.4. The van der Waals surface area contributed by atoms with Gasteiger partial charge in [0.25, 0.3) is 0 Å². The minimum atomic E-state index is -0.926. The lowest BCUT2D eigenvalue weighted by Gasteiger charge is -2.36. The van der Waals surface area contributed by atoms with Crippen molar-refractivity contribution in [3.8, 4) is 0 Å². The fourth-order valence-corrected chi connectivity index (χ4v) is 5.43. The van der Waals surface area contributed by atoms with Crippen LogP contribution in [0.4, 0.5) is 0 Å². The number of aliphatic carboxylic acids is 1. The van der Waals surface area contributed by atoms with Gasteiger partial charge in [-0.25, -0.2) is 0 Å². The number of amides is 1. The van der Waals surface area contributed by atoms with Gasteiger partial charge in [-0.05, 0) is 31.1 Å². The Morgan fingerprint density at radius 3 is 2.88 bits per heavy atom. The van der Waals surface area contributed by atoms with Gasteiger partial charge < -0.3 is 14.7 Å². The van der Waals surface area contributed by atoms with Gasteiger partial charge >= 0.3 is 5.97 Å². The van der Waals surface area contributed by atoms with E-state index in [1.165, 1.54) is 5.57 Å². The fraction of sp³-hybridized carbons (Fsp3) is 0.684. The van der Waals surface area contributed by atoms with Gasteiger partial charge in [0.2, 0.25) is 5.91 Å². The minimum absolute atomic E-state index is 0.0417. The van der Waals surface area contributed by atoms with E-state index in [4.69, 9.17) is 4.74 Å². The molecule has 0 saturated carbocycles. The Morgan fingerprint density at radius 1 is 1.46 bits per heavy atom. The third-order valence-electron chi connectivity index (χ3n) is 6.49.